The van der Waals surface area contributed by atoms with Gasteiger partial charge in [-0.3, -0.25) is 4.79 Å². The van der Waals surface area contributed by atoms with Gasteiger partial charge in [-0.05, 0) is 58.4 Å². The van der Waals surface area contributed by atoms with Crippen molar-refractivity contribution in [3.63, 3.8) is 0 Å². The summed E-state index contributed by atoms with van der Waals surface area (Å²) in [6.45, 7) is 7.24. The van der Waals surface area contributed by atoms with Crippen LogP contribution in [-0.2, 0) is 20.9 Å². The average molecular weight is 517 g/mol. The van der Waals surface area contributed by atoms with Gasteiger partial charge in [0.2, 0.25) is 5.91 Å². The van der Waals surface area contributed by atoms with E-state index in [1.54, 1.807) is 39.0 Å². The van der Waals surface area contributed by atoms with Gasteiger partial charge in [-0.25, -0.2) is 14.4 Å². The summed E-state index contributed by atoms with van der Waals surface area (Å²) in [6.07, 6.45) is 0. The molecular weight excluding hydrogens is 485 g/mol. The number of carbonyl (C=O) groups is 1. The van der Waals surface area contributed by atoms with Crippen LogP contribution < -0.4 is 10.2 Å². The molecule has 1 aliphatic heterocycles. The monoisotopic (exact) mass is 516 g/mol. The van der Waals surface area contributed by atoms with Gasteiger partial charge in [0, 0.05) is 30.8 Å². The van der Waals surface area contributed by atoms with E-state index in [-0.39, 0.29) is 18.1 Å². The number of halogens is 3. The molecule has 37 heavy (non-hydrogen) atoms. The predicted octanol–water partition coefficient (Wildman–Crippen LogP) is 4.99. The smallest absolute Gasteiger partial charge is 0.303 e. The molecule has 10 heteroatoms. The average Bonchev–Trinajstić information content (AvgIpc) is 2.98. The second kappa shape index (κ2) is 8.95. The zero-order valence-corrected chi connectivity index (χ0v) is 21.9. The number of amides is 1. The molecule has 2 aromatic carbocycles. The fourth-order valence-corrected chi connectivity index (χ4v) is 4.87. The van der Waals surface area contributed by atoms with Crippen molar-refractivity contribution >= 4 is 28.3 Å². The lowest BCUT2D eigenvalue weighted by Crippen LogP contribution is -2.41. The number of methoxy groups -OCH3 is 1. The number of ether oxygens (including phenoxy) is 1. The molecule has 2 atom stereocenters. The number of nitrogens with zero attached hydrogens (tertiary/aromatic N) is 3. The number of hydrogen-bond donors (Lipinski definition) is 2. The number of nitrogens with one attached hydrogen (secondary N) is 1. The Morgan fingerprint density at radius 3 is 2.54 bits per heavy atom. The van der Waals surface area contributed by atoms with Crippen LogP contribution in [0.4, 0.5) is 24.7 Å². The van der Waals surface area contributed by atoms with Crippen LogP contribution >= 0.6 is 0 Å². The molecule has 1 aliphatic rings. The van der Waals surface area contributed by atoms with E-state index >= 15 is 4.39 Å². The van der Waals surface area contributed by atoms with Crippen molar-refractivity contribution in [3.05, 3.63) is 58.7 Å². The molecule has 1 amide bonds. The number of alkyl halides is 2. The highest BCUT2D eigenvalue weighted by atomic mass is 19.3. The minimum atomic E-state index is -3.81. The molecule has 3 aromatic rings. The highest BCUT2D eigenvalue weighted by Gasteiger charge is 2.49. The van der Waals surface area contributed by atoms with Crippen molar-refractivity contribution in [1.29, 1.82) is 0 Å². The van der Waals surface area contributed by atoms with Crippen molar-refractivity contribution in [2.24, 2.45) is 0 Å². The number of benzene rings is 2. The Morgan fingerprint density at radius 1 is 1.24 bits per heavy atom. The van der Waals surface area contributed by atoms with E-state index in [0.717, 1.165) is 25.5 Å². The SMILES string of the molecule is COC[C@]1(C)C(=O)N(C)c2cc3c(N[C@H](C)c4cccc(C(F)(F)C(C)(C)O)c4F)nc(C)nc3cc21. The molecule has 0 bridgehead atoms. The largest absolute Gasteiger partial charge is 0.384 e. The lowest BCUT2D eigenvalue weighted by Gasteiger charge is -2.30. The molecule has 0 saturated carbocycles. The first-order valence-corrected chi connectivity index (χ1v) is 11.9. The molecular formula is C27H31F3N4O3. The first-order valence-electron chi connectivity index (χ1n) is 11.9. The summed E-state index contributed by atoms with van der Waals surface area (Å²) in [5, 5.41) is 13.7. The molecule has 2 N–H and O–H groups in total. The first-order chi connectivity index (χ1) is 17.1. The molecule has 0 unspecified atom stereocenters. The maximum absolute atomic E-state index is 15.4. The molecule has 0 spiro atoms. The van der Waals surface area contributed by atoms with Crippen LogP contribution in [0.25, 0.3) is 10.9 Å². The maximum Gasteiger partial charge on any atom is 0.303 e. The molecule has 198 valence electrons. The Hall–Kier alpha value is -3.24. The number of likely N-dealkylation sites (N-methyl/N-ethyl adjacent to an activating group) is 1. The van der Waals surface area contributed by atoms with Crippen molar-refractivity contribution in [3.8, 4) is 0 Å². The lowest BCUT2D eigenvalue weighted by molar-refractivity contribution is -0.170. The number of rotatable bonds is 7. The van der Waals surface area contributed by atoms with Gasteiger partial charge >= 0.3 is 5.92 Å². The van der Waals surface area contributed by atoms with Crippen LogP contribution in [0.1, 0.15) is 56.3 Å². The van der Waals surface area contributed by atoms with E-state index in [2.05, 4.69) is 15.3 Å². The summed E-state index contributed by atoms with van der Waals surface area (Å²) in [5.74, 6) is -4.21. The molecule has 1 aromatic heterocycles. The van der Waals surface area contributed by atoms with E-state index < -0.39 is 34.4 Å². The van der Waals surface area contributed by atoms with Gasteiger partial charge < -0.3 is 20.1 Å². The van der Waals surface area contributed by atoms with Crippen LogP contribution in [0, 0.1) is 12.7 Å². The molecule has 0 saturated heterocycles. The number of aryl methyl sites for hydroxylation is 1. The zero-order valence-electron chi connectivity index (χ0n) is 21.9. The zero-order chi connectivity index (χ0) is 27.5. The van der Waals surface area contributed by atoms with Crippen LogP contribution in [0.15, 0.2) is 30.3 Å². The third-order valence-electron chi connectivity index (χ3n) is 7.05. The van der Waals surface area contributed by atoms with Crippen LogP contribution in [0.3, 0.4) is 0 Å². The Bertz CT molecular complexity index is 1390. The van der Waals surface area contributed by atoms with E-state index in [1.165, 1.54) is 12.1 Å². The quantitative estimate of drug-likeness (QED) is 0.460. The lowest BCUT2D eigenvalue weighted by atomic mass is 9.84. The maximum atomic E-state index is 15.4. The van der Waals surface area contributed by atoms with Gasteiger partial charge in [-0.1, -0.05) is 12.1 Å². The Kier molecular flexibility index (Phi) is 6.49. The van der Waals surface area contributed by atoms with Gasteiger partial charge in [0.25, 0.3) is 0 Å². The molecule has 7 nitrogen and oxygen atoms in total. The third kappa shape index (κ3) is 4.21. The minimum Gasteiger partial charge on any atom is -0.384 e. The number of aromatic nitrogens is 2. The fourth-order valence-electron chi connectivity index (χ4n) is 4.87. The normalized spacial score (nSPS) is 18.9. The standard InChI is InChI=1S/C27H31F3N4O3/c1-14(16-9-8-10-18(22(16)28)27(29,30)25(3,4)36)31-23-17-11-21-19(12-20(17)32-15(2)33-23)26(5,13-37-7)24(35)34(21)6/h8-12,14,36H,13H2,1-7H3,(H,31,32,33)/t14-,26+/m1/s1. The van der Waals surface area contributed by atoms with Crippen molar-refractivity contribution in [1.82, 2.24) is 9.97 Å². The fraction of sp³-hybridized carbons (Fsp3) is 0.444. The van der Waals surface area contributed by atoms with Gasteiger partial charge in [0.05, 0.1) is 29.1 Å². The van der Waals surface area contributed by atoms with Crippen molar-refractivity contribution in [2.75, 3.05) is 31.0 Å². The molecule has 2 heterocycles. The predicted molar refractivity (Wildman–Crippen MR) is 136 cm³/mol. The van der Waals surface area contributed by atoms with Crippen LogP contribution in [0.2, 0.25) is 0 Å². The number of aliphatic hydroxyl groups is 1. The summed E-state index contributed by atoms with van der Waals surface area (Å²) in [6, 6.07) is 6.59. The summed E-state index contributed by atoms with van der Waals surface area (Å²) < 4.78 is 50.3. The minimum absolute atomic E-state index is 0.00744. The summed E-state index contributed by atoms with van der Waals surface area (Å²) in [7, 11) is 3.22. The number of fused-ring (bicyclic) bond motifs is 2. The van der Waals surface area contributed by atoms with Gasteiger partial charge in [-0.2, -0.15) is 8.78 Å². The van der Waals surface area contributed by atoms with Crippen LogP contribution in [0.5, 0.6) is 0 Å². The van der Waals surface area contributed by atoms with E-state index in [0.29, 0.717) is 28.2 Å². The number of hydrogen-bond acceptors (Lipinski definition) is 6. The first kappa shape index (κ1) is 26.8. The number of anilines is 2. The van der Waals surface area contributed by atoms with Crippen molar-refractivity contribution in [2.45, 2.75) is 57.6 Å². The molecule has 4 rings (SSSR count). The summed E-state index contributed by atoms with van der Waals surface area (Å²) in [5.41, 5.74) is -2.18. The van der Waals surface area contributed by atoms with Crippen LogP contribution in [-0.4, -0.2) is 47.3 Å². The third-order valence-corrected chi connectivity index (χ3v) is 7.05. The highest BCUT2D eigenvalue weighted by molar-refractivity contribution is 6.10. The second-order valence-electron chi connectivity index (χ2n) is 10.3. The topological polar surface area (TPSA) is 87.6 Å². The van der Waals surface area contributed by atoms with Crippen molar-refractivity contribution < 1.29 is 27.8 Å². The summed E-state index contributed by atoms with van der Waals surface area (Å²) >= 11 is 0. The highest BCUT2D eigenvalue weighted by Crippen LogP contribution is 2.45. The molecule has 0 radical (unpaired) electrons. The Labute approximate surface area is 213 Å². The van der Waals surface area contributed by atoms with E-state index in [9.17, 15) is 18.7 Å². The number of carbonyl (C=O) groups excluding carboxylic acids is 1. The van der Waals surface area contributed by atoms with Gasteiger partial charge in [0.15, 0.2) is 0 Å². The Morgan fingerprint density at radius 2 is 1.92 bits per heavy atom. The van der Waals surface area contributed by atoms with Gasteiger partial charge in [-0.15, -0.1) is 0 Å². The molecule has 0 aliphatic carbocycles. The van der Waals surface area contributed by atoms with E-state index in [1.807, 2.05) is 13.0 Å². The Balaban J connectivity index is 1.79. The van der Waals surface area contributed by atoms with E-state index in [4.69, 9.17) is 4.74 Å². The second-order valence-corrected chi connectivity index (χ2v) is 10.3. The van der Waals surface area contributed by atoms with Gasteiger partial charge in [0.1, 0.15) is 23.1 Å². The molecule has 0 fully saturated rings. The summed E-state index contributed by atoms with van der Waals surface area (Å²) in [4.78, 5) is 23.6.